The number of benzene rings is 1. The van der Waals surface area contributed by atoms with E-state index in [0.717, 1.165) is 0 Å². The van der Waals surface area contributed by atoms with Crippen LogP contribution in [0, 0.1) is 0 Å². The van der Waals surface area contributed by atoms with Crippen LogP contribution in [-0.2, 0) is 9.59 Å². The predicted molar refractivity (Wildman–Crippen MR) is 61.8 cm³/mol. The smallest absolute Gasteiger partial charge is 0.225 e. The molecule has 1 aromatic heterocycles. The van der Waals surface area contributed by atoms with Gasteiger partial charge in [0.25, 0.3) is 0 Å². The fourth-order valence-corrected chi connectivity index (χ4v) is 0.957. The van der Waals surface area contributed by atoms with E-state index in [-0.39, 0.29) is 0 Å². The summed E-state index contributed by atoms with van der Waals surface area (Å²) in [6.07, 6.45) is 7.05. The maximum Gasteiger partial charge on any atom is 0.240 e. The minimum atomic E-state index is 0.316. The number of aliphatic imine (C=N–C) groups is 2. The summed E-state index contributed by atoms with van der Waals surface area (Å²) >= 11 is 0. The molecule has 0 spiro atoms. The molecular formula is C11H7N5O2. The summed E-state index contributed by atoms with van der Waals surface area (Å²) in [5.74, 6) is 0. The highest BCUT2D eigenvalue weighted by atomic mass is 16.1. The highest BCUT2D eigenvalue weighted by Gasteiger charge is 1.96. The molecule has 0 amide bonds. The van der Waals surface area contributed by atoms with Crippen molar-refractivity contribution in [3.8, 4) is 0 Å². The molecule has 0 aliphatic heterocycles. The minimum Gasteiger partial charge on any atom is -0.225 e. The van der Waals surface area contributed by atoms with Gasteiger partial charge in [-0.2, -0.15) is 9.98 Å². The van der Waals surface area contributed by atoms with Gasteiger partial charge in [-0.05, 0) is 12.1 Å². The summed E-state index contributed by atoms with van der Waals surface area (Å²) in [5, 5.41) is 0. The molecule has 0 bridgehead atoms. The van der Waals surface area contributed by atoms with E-state index in [1.54, 1.807) is 24.3 Å². The van der Waals surface area contributed by atoms with Crippen molar-refractivity contribution in [3.63, 3.8) is 0 Å². The number of para-hydroxylation sites is 2. The number of hydrogen-bond acceptors (Lipinski definition) is 7. The number of aromatic nitrogens is 3. The third-order valence-electron chi connectivity index (χ3n) is 1.61. The Labute approximate surface area is 102 Å². The van der Waals surface area contributed by atoms with E-state index in [2.05, 4.69) is 24.9 Å². The topological polar surface area (TPSA) is 97.5 Å². The van der Waals surface area contributed by atoms with Crippen molar-refractivity contribution >= 4 is 23.5 Å². The Morgan fingerprint density at radius 3 is 1.44 bits per heavy atom. The molecule has 1 heterocycles. The first-order valence-corrected chi connectivity index (χ1v) is 4.68. The minimum absolute atomic E-state index is 0.316. The van der Waals surface area contributed by atoms with Crippen LogP contribution in [0.5, 0.6) is 0 Å². The van der Waals surface area contributed by atoms with Crippen LogP contribution in [0.2, 0.25) is 0 Å². The lowest BCUT2D eigenvalue weighted by atomic mass is 10.3. The Morgan fingerprint density at radius 2 is 1.17 bits per heavy atom. The summed E-state index contributed by atoms with van der Waals surface area (Å²) < 4.78 is 0. The lowest BCUT2D eigenvalue weighted by Gasteiger charge is -1.92. The van der Waals surface area contributed by atoms with Gasteiger partial charge in [0.2, 0.25) is 12.2 Å². The Kier molecular flexibility index (Phi) is 5.93. The van der Waals surface area contributed by atoms with Crippen LogP contribution < -0.4 is 0 Å². The molecule has 1 aromatic carbocycles. The van der Waals surface area contributed by atoms with Gasteiger partial charge in [-0.15, -0.1) is 0 Å². The van der Waals surface area contributed by atoms with Gasteiger partial charge in [-0.1, -0.05) is 12.1 Å². The Balaban J connectivity index is 0.000000225. The number of isocyanates is 2. The average molecular weight is 241 g/mol. The lowest BCUT2D eigenvalue weighted by Crippen LogP contribution is -1.73. The zero-order chi connectivity index (χ0) is 13.1. The summed E-state index contributed by atoms with van der Waals surface area (Å²) in [7, 11) is 0. The van der Waals surface area contributed by atoms with Gasteiger partial charge < -0.3 is 0 Å². The normalized spacial score (nSPS) is 8.00. The van der Waals surface area contributed by atoms with Gasteiger partial charge in [0.15, 0.2) is 0 Å². The first-order valence-electron chi connectivity index (χ1n) is 4.68. The van der Waals surface area contributed by atoms with Gasteiger partial charge in [-0.25, -0.2) is 24.5 Å². The number of carbonyl (C=O) groups excluding carboxylic acids is 2. The monoisotopic (exact) mass is 241 g/mol. The van der Waals surface area contributed by atoms with Crippen LogP contribution in [0.25, 0.3) is 0 Å². The maximum atomic E-state index is 9.90. The lowest BCUT2D eigenvalue weighted by molar-refractivity contribution is 0.564. The fourth-order valence-electron chi connectivity index (χ4n) is 0.957. The second kappa shape index (κ2) is 8.18. The molecule has 0 N–H and O–H groups in total. The molecule has 0 saturated heterocycles. The first-order chi connectivity index (χ1) is 8.88. The van der Waals surface area contributed by atoms with Crippen LogP contribution in [0.4, 0.5) is 11.4 Å². The quantitative estimate of drug-likeness (QED) is 0.586. The summed E-state index contributed by atoms with van der Waals surface area (Å²) in [6, 6.07) is 6.47. The molecule has 0 atom stereocenters. The van der Waals surface area contributed by atoms with Crippen molar-refractivity contribution in [1.29, 1.82) is 0 Å². The van der Waals surface area contributed by atoms with Crippen molar-refractivity contribution in [2.45, 2.75) is 0 Å². The zero-order valence-corrected chi connectivity index (χ0v) is 9.09. The highest BCUT2D eigenvalue weighted by Crippen LogP contribution is 2.25. The third kappa shape index (κ3) is 4.67. The molecule has 18 heavy (non-hydrogen) atoms. The van der Waals surface area contributed by atoms with Crippen molar-refractivity contribution in [2.75, 3.05) is 0 Å². The van der Waals surface area contributed by atoms with Gasteiger partial charge in [0, 0.05) is 0 Å². The molecule has 88 valence electrons. The number of hydrogen-bond donors (Lipinski definition) is 0. The van der Waals surface area contributed by atoms with Crippen molar-refractivity contribution in [1.82, 2.24) is 15.0 Å². The largest absolute Gasteiger partial charge is 0.240 e. The molecule has 0 radical (unpaired) electrons. The SMILES string of the molecule is O=C=Nc1ccccc1N=C=O.c1ncncn1. The Bertz CT molecular complexity index is 511. The van der Waals surface area contributed by atoms with Crippen molar-refractivity contribution in [2.24, 2.45) is 9.98 Å². The van der Waals surface area contributed by atoms with Gasteiger partial charge >= 0.3 is 0 Å². The molecule has 0 aliphatic carbocycles. The summed E-state index contributed by atoms with van der Waals surface area (Å²) in [6.45, 7) is 0. The van der Waals surface area contributed by atoms with Crippen LogP contribution in [0.3, 0.4) is 0 Å². The second-order valence-corrected chi connectivity index (χ2v) is 2.69. The molecule has 0 aliphatic rings. The third-order valence-corrected chi connectivity index (χ3v) is 1.61. The van der Waals surface area contributed by atoms with E-state index in [0.29, 0.717) is 11.4 Å². The highest BCUT2D eigenvalue weighted by molar-refractivity contribution is 5.67. The molecular weight excluding hydrogens is 234 g/mol. The summed E-state index contributed by atoms with van der Waals surface area (Å²) in [4.78, 5) is 37.2. The number of rotatable bonds is 2. The molecule has 7 nitrogen and oxygen atoms in total. The fraction of sp³-hybridized carbons (Fsp3) is 0. The van der Waals surface area contributed by atoms with Gasteiger partial charge in [-0.3, -0.25) is 0 Å². The van der Waals surface area contributed by atoms with Gasteiger partial charge in [0.05, 0.1) is 0 Å². The molecule has 0 fully saturated rings. The molecule has 2 rings (SSSR count). The molecule has 2 aromatic rings. The van der Waals surface area contributed by atoms with E-state index in [1.807, 2.05) is 0 Å². The van der Waals surface area contributed by atoms with Crippen molar-refractivity contribution in [3.05, 3.63) is 43.2 Å². The average Bonchev–Trinajstić information content (AvgIpc) is 2.44. The number of nitrogens with zero attached hydrogens (tertiary/aromatic N) is 5. The van der Waals surface area contributed by atoms with Crippen LogP contribution in [-0.4, -0.2) is 27.1 Å². The Hall–Kier alpha value is -3.01. The molecule has 0 saturated carbocycles. The first kappa shape index (κ1) is 13.1. The van der Waals surface area contributed by atoms with Crippen LogP contribution in [0.1, 0.15) is 0 Å². The zero-order valence-electron chi connectivity index (χ0n) is 9.09. The van der Waals surface area contributed by atoms with Crippen LogP contribution in [0.15, 0.2) is 53.2 Å². The Morgan fingerprint density at radius 1 is 0.778 bits per heavy atom. The van der Waals surface area contributed by atoms with Crippen molar-refractivity contribution < 1.29 is 9.59 Å². The van der Waals surface area contributed by atoms with E-state index < -0.39 is 0 Å². The standard InChI is InChI=1S/C8H4N2O2.C3H3N3/c11-5-9-7-3-1-2-4-8(7)10-6-12;1-4-2-6-3-5-1/h1-4H;1-3H. The predicted octanol–water partition coefficient (Wildman–Crippen LogP) is 1.49. The molecule has 0 unspecified atom stereocenters. The van der Waals surface area contributed by atoms with Crippen LogP contribution >= 0.6 is 0 Å². The van der Waals surface area contributed by atoms with E-state index >= 15 is 0 Å². The maximum absolute atomic E-state index is 9.90. The second-order valence-electron chi connectivity index (χ2n) is 2.69. The van der Waals surface area contributed by atoms with E-state index in [4.69, 9.17) is 0 Å². The van der Waals surface area contributed by atoms with E-state index in [9.17, 15) is 9.59 Å². The summed E-state index contributed by atoms with van der Waals surface area (Å²) in [5.41, 5.74) is 0.631. The van der Waals surface area contributed by atoms with E-state index in [1.165, 1.54) is 31.1 Å². The van der Waals surface area contributed by atoms with Gasteiger partial charge in [0.1, 0.15) is 30.4 Å². The molecule has 7 heteroatoms.